The summed E-state index contributed by atoms with van der Waals surface area (Å²) < 4.78 is 5.38. The molecule has 6 nitrogen and oxygen atoms in total. The molecule has 0 aliphatic rings. The van der Waals surface area contributed by atoms with E-state index >= 15 is 0 Å². The zero-order valence-electron chi connectivity index (χ0n) is 19.5. The molecule has 7 heteroatoms. The van der Waals surface area contributed by atoms with Crippen LogP contribution in [-0.2, 0) is 16.1 Å². The summed E-state index contributed by atoms with van der Waals surface area (Å²) in [6, 6.07) is 24.4. The molecule has 2 aromatic heterocycles. The van der Waals surface area contributed by atoms with Crippen molar-refractivity contribution in [1.82, 2.24) is 9.97 Å². The van der Waals surface area contributed by atoms with Gasteiger partial charge in [0.15, 0.2) is 0 Å². The maximum Gasteiger partial charge on any atom is 0.352 e. The number of esters is 1. The normalized spacial score (nSPS) is 11.6. The number of carboxylic acids is 1. The highest BCUT2D eigenvalue weighted by Crippen LogP contribution is 2.24. The number of nitrogens with one attached hydrogen (secondary N) is 1. The third-order valence-electron chi connectivity index (χ3n) is 5.80. The van der Waals surface area contributed by atoms with Crippen LogP contribution in [0.2, 0.25) is 5.02 Å². The molecule has 0 unspecified atom stereocenters. The summed E-state index contributed by atoms with van der Waals surface area (Å²) in [5.41, 5.74) is 4.51. The highest BCUT2D eigenvalue weighted by atomic mass is 35.5. The van der Waals surface area contributed by atoms with Crippen LogP contribution in [-0.4, -0.2) is 27.0 Å². The number of pyridine rings is 1. The molecule has 0 aliphatic carbocycles. The Labute approximate surface area is 217 Å². The van der Waals surface area contributed by atoms with Crippen molar-refractivity contribution in [2.45, 2.75) is 6.61 Å². The first-order valence-corrected chi connectivity index (χ1v) is 11.9. The van der Waals surface area contributed by atoms with Crippen molar-refractivity contribution in [2.24, 2.45) is 0 Å². The number of aromatic amines is 1. The molecule has 0 saturated heterocycles. The third-order valence-corrected chi connectivity index (χ3v) is 6.04. The lowest BCUT2D eigenvalue weighted by Crippen LogP contribution is -2.02. The smallest absolute Gasteiger partial charge is 0.352 e. The van der Waals surface area contributed by atoms with E-state index in [9.17, 15) is 14.7 Å². The van der Waals surface area contributed by atoms with E-state index < -0.39 is 11.9 Å². The van der Waals surface area contributed by atoms with Crippen molar-refractivity contribution in [3.05, 3.63) is 118 Å². The van der Waals surface area contributed by atoms with E-state index in [0.717, 1.165) is 27.7 Å². The van der Waals surface area contributed by atoms with Crippen LogP contribution in [0.4, 0.5) is 0 Å². The fourth-order valence-electron chi connectivity index (χ4n) is 4.03. The molecule has 0 amide bonds. The van der Waals surface area contributed by atoms with E-state index in [4.69, 9.17) is 16.3 Å². The molecule has 0 saturated carbocycles. The number of fused-ring (bicyclic) bond motifs is 2. The number of aromatic carboxylic acids is 1. The number of nitrogens with zero attached hydrogens (tertiary/aromatic N) is 1. The van der Waals surface area contributed by atoms with Crippen LogP contribution >= 0.6 is 11.6 Å². The van der Waals surface area contributed by atoms with Crippen molar-refractivity contribution in [2.75, 3.05) is 0 Å². The van der Waals surface area contributed by atoms with Crippen LogP contribution in [0, 0.1) is 0 Å². The van der Waals surface area contributed by atoms with Crippen LogP contribution in [0.25, 0.3) is 40.0 Å². The van der Waals surface area contributed by atoms with Gasteiger partial charge >= 0.3 is 11.9 Å². The molecule has 5 aromatic rings. The first-order valence-electron chi connectivity index (χ1n) is 11.5. The highest BCUT2D eigenvalue weighted by molar-refractivity contribution is 6.31. The van der Waals surface area contributed by atoms with Gasteiger partial charge < -0.3 is 14.8 Å². The summed E-state index contributed by atoms with van der Waals surface area (Å²) >= 11 is 6.08. The van der Waals surface area contributed by atoms with Gasteiger partial charge in [-0.25, -0.2) is 14.6 Å². The van der Waals surface area contributed by atoms with Crippen molar-refractivity contribution in [1.29, 1.82) is 0 Å². The van der Waals surface area contributed by atoms with Gasteiger partial charge in [0, 0.05) is 33.0 Å². The minimum Gasteiger partial charge on any atom is -0.477 e. The zero-order chi connectivity index (χ0) is 25.8. The number of carbonyl (C=O) groups is 2. The van der Waals surface area contributed by atoms with Crippen LogP contribution in [0.15, 0.2) is 84.9 Å². The van der Waals surface area contributed by atoms with E-state index in [1.54, 1.807) is 12.1 Å². The summed E-state index contributed by atoms with van der Waals surface area (Å²) in [4.78, 5) is 31.4. The number of carboxylic acid groups (broad SMARTS) is 1. The molecule has 0 fully saturated rings. The molecule has 0 radical (unpaired) electrons. The molecule has 37 heavy (non-hydrogen) atoms. The van der Waals surface area contributed by atoms with E-state index in [0.29, 0.717) is 21.5 Å². The number of carbonyl (C=O) groups excluding carboxylic acids is 1. The SMILES string of the molecule is O=C(/C=C/c1c(C(=O)O)[nH]c2ccccc12)OCc1cccc(/C=C/c2ccc3ccc(Cl)cc3n2)c1. The monoisotopic (exact) mass is 508 g/mol. The molecular weight excluding hydrogens is 488 g/mol. The van der Waals surface area contributed by atoms with Gasteiger partial charge in [-0.15, -0.1) is 0 Å². The first-order chi connectivity index (χ1) is 18.0. The Hall–Kier alpha value is -4.68. The van der Waals surface area contributed by atoms with E-state index in [1.165, 1.54) is 12.2 Å². The lowest BCUT2D eigenvalue weighted by Gasteiger charge is -2.04. The molecular formula is C30H21ClN2O4. The molecule has 182 valence electrons. The van der Waals surface area contributed by atoms with Gasteiger partial charge in [-0.3, -0.25) is 0 Å². The van der Waals surface area contributed by atoms with Crippen molar-refractivity contribution < 1.29 is 19.4 Å². The van der Waals surface area contributed by atoms with E-state index in [-0.39, 0.29) is 12.3 Å². The number of hydrogen-bond donors (Lipinski definition) is 2. The topological polar surface area (TPSA) is 92.3 Å². The summed E-state index contributed by atoms with van der Waals surface area (Å²) in [7, 11) is 0. The van der Waals surface area contributed by atoms with Gasteiger partial charge in [0.05, 0.1) is 11.2 Å². The highest BCUT2D eigenvalue weighted by Gasteiger charge is 2.15. The average molecular weight is 509 g/mol. The first kappa shape index (κ1) is 24.0. The van der Waals surface area contributed by atoms with Crippen LogP contribution in [0.3, 0.4) is 0 Å². The lowest BCUT2D eigenvalue weighted by atomic mass is 10.1. The maximum absolute atomic E-state index is 12.4. The number of para-hydroxylation sites is 1. The minimum absolute atomic E-state index is 0.0220. The largest absolute Gasteiger partial charge is 0.477 e. The Kier molecular flexibility index (Phi) is 6.83. The molecule has 5 rings (SSSR count). The fourth-order valence-corrected chi connectivity index (χ4v) is 4.19. The Morgan fingerprint density at radius 3 is 2.65 bits per heavy atom. The van der Waals surface area contributed by atoms with Gasteiger partial charge in [0.25, 0.3) is 0 Å². The molecule has 0 atom stereocenters. The second-order valence-corrected chi connectivity index (χ2v) is 8.79. The summed E-state index contributed by atoms with van der Waals surface area (Å²) in [5.74, 6) is -1.67. The molecule has 2 N–H and O–H groups in total. The molecule has 2 heterocycles. The molecule has 0 bridgehead atoms. The standard InChI is InChI=1S/C30H21ClN2O4/c31-22-11-9-21-10-13-23(32-27(21)17-22)12-8-19-4-3-5-20(16-19)18-37-28(34)15-14-25-24-6-1-2-7-26(24)33-29(25)30(35)36/h1-17,33H,18H2,(H,35,36)/b12-8+,15-14+. The number of aromatic nitrogens is 2. The number of rotatable bonds is 7. The fraction of sp³-hybridized carbons (Fsp3) is 0.0333. The number of H-pyrrole nitrogens is 1. The van der Waals surface area contributed by atoms with Gasteiger partial charge in [0.1, 0.15) is 12.3 Å². The lowest BCUT2D eigenvalue weighted by molar-refractivity contribution is -0.138. The number of halogens is 1. The van der Waals surface area contributed by atoms with Crippen molar-refractivity contribution in [3.63, 3.8) is 0 Å². The Morgan fingerprint density at radius 1 is 0.946 bits per heavy atom. The quantitative estimate of drug-likeness (QED) is 0.182. The minimum atomic E-state index is -1.10. The van der Waals surface area contributed by atoms with Crippen LogP contribution in [0.1, 0.15) is 32.9 Å². The second kappa shape index (κ2) is 10.5. The van der Waals surface area contributed by atoms with Crippen LogP contribution in [0.5, 0.6) is 0 Å². The predicted molar refractivity (Wildman–Crippen MR) is 146 cm³/mol. The number of ether oxygens (including phenoxy) is 1. The van der Waals surface area contributed by atoms with E-state index in [1.807, 2.05) is 78.9 Å². The number of hydrogen-bond acceptors (Lipinski definition) is 4. The Balaban J connectivity index is 1.25. The predicted octanol–water partition coefficient (Wildman–Crippen LogP) is 6.99. The van der Waals surface area contributed by atoms with Crippen molar-refractivity contribution in [3.8, 4) is 0 Å². The van der Waals surface area contributed by atoms with Crippen molar-refractivity contribution >= 4 is 63.6 Å². The molecule has 3 aromatic carbocycles. The molecule has 0 aliphatic heterocycles. The Bertz CT molecular complexity index is 1700. The summed E-state index contributed by atoms with van der Waals surface area (Å²) in [6.45, 7) is 0.0806. The van der Waals surface area contributed by atoms with Gasteiger partial charge in [-0.05, 0) is 53.6 Å². The van der Waals surface area contributed by atoms with E-state index in [2.05, 4.69) is 9.97 Å². The molecule has 0 spiro atoms. The maximum atomic E-state index is 12.4. The third kappa shape index (κ3) is 5.60. The average Bonchev–Trinajstić information content (AvgIpc) is 3.28. The number of benzene rings is 3. The van der Waals surface area contributed by atoms with Gasteiger partial charge in [-0.1, -0.05) is 66.2 Å². The summed E-state index contributed by atoms with van der Waals surface area (Å²) in [5, 5.41) is 11.9. The summed E-state index contributed by atoms with van der Waals surface area (Å²) in [6.07, 6.45) is 6.56. The van der Waals surface area contributed by atoms with Crippen LogP contribution < -0.4 is 0 Å². The second-order valence-electron chi connectivity index (χ2n) is 8.36. The van der Waals surface area contributed by atoms with Gasteiger partial charge in [-0.2, -0.15) is 0 Å². The zero-order valence-corrected chi connectivity index (χ0v) is 20.3. The Morgan fingerprint density at radius 2 is 1.78 bits per heavy atom. The van der Waals surface area contributed by atoms with Gasteiger partial charge in [0.2, 0.25) is 0 Å².